The Kier molecular flexibility index (Phi) is 10.8. The van der Waals surface area contributed by atoms with Crippen LogP contribution in [-0.4, -0.2) is 94.2 Å². The first-order chi connectivity index (χ1) is 18.2. The molecule has 2 N–H and O–H groups in total. The number of ether oxygens (including phenoxy) is 1. The minimum Gasteiger partial charge on any atom is -0.481 e. The summed E-state index contributed by atoms with van der Waals surface area (Å²) in [7, 11) is 1.63. The van der Waals surface area contributed by atoms with E-state index in [1.165, 1.54) is 0 Å². The number of nitrogens with zero attached hydrogens (tertiary/aromatic N) is 5. The van der Waals surface area contributed by atoms with Gasteiger partial charge in [-0.2, -0.15) is 26.3 Å². The van der Waals surface area contributed by atoms with E-state index in [0.717, 1.165) is 59.9 Å². The third-order valence-electron chi connectivity index (χ3n) is 5.21. The van der Waals surface area contributed by atoms with Gasteiger partial charge in [0.05, 0.1) is 12.5 Å². The number of pyridine rings is 1. The molecule has 4 heterocycles. The maximum absolute atomic E-state index is 10.6. The number of carboxylic acids is 2. The van der Waals surface area contributed by atoms with Crippen LogP contribution in [0.5, 0.6) is 5.88 Å². The van der Waals surface area contributed by atoms with Gasteiger partial charge in [-0.05, 0) is 12.6 Å². The van der Waals surface area contributed by atoms with Gasteiger partial charge in [0.15, 0.2) is 0 Å². The largest absolute Gasteiger partial charge is 0.490 e. The van der Waals surface area contributed by atoms with Gasteiger partial charge in [-0.25, -0.2) is 24.5 Å². The van der Waals surface area contributed by atoms with Crippen LogP contribution in [0, 0.1) is 0 Å². The number of methoxy groups -OCH3 is 1. The molecule has 17 heteroatoms. The van der Waals surface area contributed by atoms with Gasteiger partial charge in [-0.1, -0.05) is 6.92 Å². The second kappa shape index (κ2) is 13.4. The summed E-state index contributed by atoms with van der Waals surface area (Å²) in [5, 5.41) is 17.5. The van der Waals surface area contributed by atoms with Crippen molar-refractivity contribution in [2.75, 3.05) is 44.7 Å². The van der Waals surface area contributed by atoms with E-state index in [2.05, 4.69) is 37.1 Å². The average molecular weight is 584 g/mol. The molecule has 0 spiro atoms. The number of anilines is 1. The number of hydrogen-bond acceptors (Lipinski definition) is 9. The minimum absolute atomic E-state index is 0.621. The zero-order valence-electron chi connectivity index (χ0n) is 20.5. The third kappa shape index (κ3) is 8.91. The molecule has 214 valence electrons. The molecule has 1 saturated heterocycles. The number of rotatable bonds is 4. The molecular weight excluding hydrogens is 560 g/mol. The van der Waals surface area contributed by atoms with E-state index in [1.54, 1.807) is 24.8 Å². The van der Waals surface area contributed by atoms with Gasteiger partial charge in [0.1, 0.15) is 17.0 Å². The molecule has 3 aromatic heterocycles. The Morgan fingerprint density at radius 2 is 1.54 bits per heavy atom. The predicted octanol–water partition coefficient (Wildman–Crippen LogP) is 4.17. The highest BCUT2D eigenvalue weighted by molar-refractivity contribution is 7.17. The first-order valence-electron chi connectivity index (χ1n) is 11.0. The van der Waals surface area contributed by atoms with E-state index in [1.807, 2.05) is 18.3 Å². The third-order valence-corrected chi connectivity index (χ3v) is 6.10. The molecule has 0 aliphatic carbocycles. The maximum atomic E-state index is 10.6. The van der Waals surface area contributed by atoms with E-state index in [4.69, 9.17) is 24.5 Å². The standard InChI is InChI=1S/C18H21N5OS.2C2HF3O2/c1-3-22-6-8-23(9-7-22)17-16-14(11-25-18(16)21-12-20-17)13-4-5-15(24-2)19-10-13;2*3-2(4,5)1(6)7/h4-5,10-12H,3,6-9H2,1-2H3;2*(H,6,7). The molecule has 1 fully saturated rings. The van der Waals surface area contributed by atoms with Crippen LogP contribution in [0.1, 0.15) is 6.92 Å². The molecule has 4 rings (SSSR count). The first-order valence-corrected chi connectivity index (χ1v) is 11.9. The van der Waals surface area contributed by atoms with Crippen LogP contribution >= 0.6 is 11.3 Å². The number of fused-ring (bicyclic) bond motifs is 1. The van der Waals surface area contributed by atoms with Crippen molar-refractivity contribution in [2.24, 2.45) is 0 Å². The van der Waals surface area contributed by atoms with Crippen LogP contribution in [0.4, 0.5) is 32.2 Å². The highest BCUT2D eigenvalue weighted by atomic mass is 32.1. The quantitative estimate of drug-likeness (QED) is 0.432. The fourth-order valence-corrected chi connectivity index (χ4v) is 4.16. The molecule has 1 aliphatic rings. The number of aliphatic carboxylic acids is 2. The van der Waals surface area contributed by atoms with Crippen LogP contribution in [0.3, 0.4) is 0 Å². The molecule has 0 bridgehead atoms. The van der Waals surface area contributed by atoms with Gasteiger partial charge in [-0.15, -0.1) is 11.3 Å². The SMILES string of the molecule is CCN1CCN(c2ncnc3scc(-c4ccc(OC)nc4)c23)CC1.O=C(O)C(F)(F)F.O=C(O)C(F)(F)F. The Morgan fingerprint density at radius 3 is 1.97 bits per heavy atom. The van der Waals surface area contributed by atoms with Crippen LogP contribution in [0.2, 0.25) is 0 Å². The lowest BCUT2D eigenvalue weighted by atomic mass is 10.1. The number of aromatic nitrogens is 3. The fraction of sp³-hybridized carbons (Fsp3) is 0.409. The number of alkyl halides is 6. The number of thiophene rings is 1. The summed E-state index contributed by atoms with van der Waals surface area (Å²) in [6, 6.07) is 3.93. The summed E-state index contributed by atoms with van der Waals surface area (Å²) in [6.45, 7) is 7.46. The summed E-state index contributed by atoms with van der Waals surface area (Å²) in [4.78, 5) is 37.1. The Labute approximate surface area is 221 Å². The lowest BCUT2D eigenvalue weighted by Crippen LogP contribution is -2.46. The van der Waals surface area contributed by atoms with Crippen molar-refractivity contribution in [1.82, 2.24) is 19.9 Å². The maximum Gasteiger partial charge on any atom is 0.490 e. The average Bonchev–Trinajstić information content (AvgIpc) is 3.33. The smallest absolute Gasteiger partial charge is 0.481 e. The van der Waals surface area contributed by atoms with Crippen LogP contribution in [0.15, 0.2) is 30.0 Å². The molecular formula is C22H23F6N5O5S. The number of halogens is 6. The molecule has 10 nitrogen and oxygen atoms in total. The number of carbonyl (C=O) groups is 2. The number of likely N-dealkylation sites (N-methyl/N-ethyl adjacent to an activating group) is 1. The molecule has 0 radical (unpaired) electrons. The van der Waals surface area contributed by atoms with Gasteiger partial charge in [-0.3, -0.25) is 0 Å². The van der Waals surface area contributed by atoms with Gasteiger partial charge in [0.2, 0.25) is 5.88 Å². The van der Waals surface area contributed by atoms with Gasteiger partial charge in [0, 0.05) is 54.9 Å². The fourth-order valence-electron chi connectivity index (χ4n) is 3.25. The summed E-state index contributed by atoms with van der Waals surface area (Å²) in [6.07, 6.45) is -6.64. The molecule has 3 aromatic rings. The van der Waals surface area contributed by atoms with E-state index in [9.17, 15) is 26.3 Å². The van der Waals surface area contributed by atoms with Gasteiger partial charge in [0.25, 0.3) is 0 Å². The van der Waals surface area contributed by atoms with Crippen molar-refractivity contribution in [3.63, 3.8) is 0 Å². The highest BCUT2D eigenvalue weighted by Gasteiger charge is 2.38. The Hall–Kier alpha value is -3.73. The van der Waals surface area contributed by atoms with Crippen molar-refractivity contribution < 1.29 is 50.9 Å². The summed E-state index contributed by atoms with van der Waals surface area (Å²) >= 11 is 1.65. The van der Waals surface area contributed by atoms with Crippen molar-refractivity contribution in [3.8, 4) is 17.0 Å². The van der Waals surface area contributed by atoms with E-state index >= 15 is 0 Å². The molecule has 0 unspecified atom stereocenters. The molecule has 0 amide bonds. The lowest BCUT2D eigenvalue weighted by Gasteiger charge is -2.35. The number of hydrogen-bond donors (Lipinski definition) is 2. The first kappa shape index (κ1) is 31.5. The van der Waals surface area contributed by atoms with Gasteiger partial charge >= 0.3 is 24.3 Å². The van der Waals surface area contributed by atoms with E-state index < -0.39 is 24.3 Å². The summed E-state index contributed by atoms with van der Waals surface area (Å²) in [5.41, 5.74) is 2.21. The van der Waals surface area contributed by atoms with Crippen LogP contribution < -0.4 is 9.64 Å². The van der Waals surface area contributed by atoms with E-state index in [-0.39, 0.29) is 0 Å². The molecule has 39 heavy (non-hydrogen) atoms. The Morgan fingerprint density at radius 1 is 0.974 bits per heavy atom. The minimum atomic E-state index is -5.08. The van der Waals surface area contributed by atoms with Crippen molar-refractivity contribution in [3.05, 3.63) is 30.0 Å². The van der Waals surface area contributed by atoms with E-state index in [0.29, 0.717) is 5.88 Å². The number of carboxylic acid groups (broad SMARTS) is 2. The highest BCUT2D eigenvalue weighted by Crippen LogP contribution is 2.38. The predicted molar refractivity (Wildman–Crippen MR) is 129 cm³/mol. The van der Waals surface area contributed by atoms with Gasteiger partial charge < -0.3 is 24.7 Å². The summed E-state index contributed by atoms with van der Waals surface area (Å²) in [5.74, 6) is -3.86. The number of piperazine rings is 1. The van der Waals surface area contributed by atoms with Crippen molar-refractivity contribution in [1.29, 1.82) is 0 Å². The normalized spacial score (nSPS) is 14.1. The van der Waals surface area contributed by atoms with Crippen LogP contribution in [-0.2, 0) is 9.59 Å². The second-order valence-electron chi connectivity index (χ2n) is 7.64. The molecule has 0 saturated carbocycles. The van der Waals surface area contributed by atoms with Crippen molar-refractivity contribution in [2.45, 2.75) is 19.3 Å². The molecule has 0 atom stereocenters. The van der Waals surface area contributed by atoms with Crippen molar-refractivity contribution >= 4 is 39.3 Å². The Bertz CT molecular complexity index is 1220. The second-order valence-corrected chi connectivity index (χ2v) is 8.50. The molecule has 0 aromatic carbocycles. The Balaban J connectivity index is 0.000000317. The molecule has 1 aliphatic heterocycles. The zero-order chi connectivity index (χ0) is 29.4. The van der Waals surface area contributed by atoms with Crippen LogP contribution in [0.25, 0.3) is 21.3 Å². The zero-order valence-corrected chi connectivity index (χ0v) is 21.3. The lowest BCUT2D eigenvalue weighted by molar-refractivity contribution is -0.193. The monoisotopic (exact) mass is 583 g/mol. The summed E-state index contributed by atoms with van der Waals surface area (Å²) < 4.78 is 68.6. The topological polar surface area (TPSA) is 129 Å².